The van der Waals surface area contributed by atoms with Gasteiger partial charge in [-0.15, -0.1) is 0 Å². The summed E-state index contributed by atoms with van der Waals surface area (Å²) in [6.45, 7) is 2.27. The molecule has 0 aliphatic carbocycles. The van der Waals surface area contributed by atoms with Gasteiger partial charge in [0.1, 0.15) is 0 Å². The van der Waals surface area contributed by atoms with Crippen LogP contribution in [-0.2, 0) is 4.79 Å². The molecule has 0 rings (SSSR count). The third-order valence-electron chi connectivity index (χ3n) is 3.74. The van der Waals surface area contributed by atoms with Gasteiger partial charge in [0.15, 0.2) is 0 Å². The van der Waals surface area contributed by atoms with Crippen LogP contribution in [0.2, 0.25) is 0 Å². The van der Waals surface area contributed by atoms with Gasteiger partial charge in [0.2, 0.25) is 0 Å². The van der Waals surface area contributed by atoms with Gasteiger partial charge in [-0.2, -0.15) is 0 Å². The van der Waals surface area contributed by atoms with Crippen LogP contribution in [0.1, 0.15) is 103 Å². The molecule has 0 aliphatic heterocycles. The van der Waals surface area contributed by atoms with E-state index in [2.05, 4.69) is 6.92 Å². The Bertz CT molecular complexity index is 195. The minimum atomic E-state index is -0.654. The normalized spacial score (nSPS) is 10.2. The van der Waals surface area contributed by atoms with E-state index in [-0.39, 0.29) is 51.4 Å². The van der Waals surface area contributed by atoms with E-state index in [1.165, 1.54) is 77.0 Å². The van der Waals surface area contributed by atoms with Gasteiger partial charge in [-0.05, 0) is 6.42 Å². The van der Waals surface area contributed by atoms with Crippen LogP contribution in [-0.4, -0.2) is 62.5 Å². The Morgan fingerprint density at radius 3 is 1.25 bits per heavy atom. The number of hydrogen-bond acceptors (Lipinski definition) is 1. The van der Waals surface area contributed by atoms with Gasteiger partial charge in [0.25, 0.3) is 0 Å². The molecule has 3 heteroatoms. The number of unbranched alkanes of at least 4 members (excludes halogenated alkanes) is 13. The maximum atomic E-state index is 10.3. The predicted octanol–water partition coefficient (Wildman–Crippen LogP) is 5.29. The van der Waals surface area contributed by atoms with E-state index in [4.69, 9.17) is 5.11 Å². The average Bonchev–Trinajstić information content (AvgIpc) is 2.39. The van der Waals surface area contributed by atoms with Crippen molar-refractivity contribution in [3.63, 3.8) is 0 Å². The van der Waals surface area contributed by atoms with Crippen molar-refractivity contribution in [3.8, 4) is 0 Å². The predicted molar refractivity (Wildman–Crippen MR) is 89.7 cm³/mol. The standard InChI is InChI=1S/C17H34O2.K.H/c1-2-3-4-5-6-7-8-9-10-11-12-13-14-15-16-17(18)19;;/h2-16H2,1H3,(H,18,19);;. The third kappa shape index (κ3) is 21.4. The number of hydrogen-bond donors (Lipinski definition) is 1. The van der Waals surface area contributed by atoms with Crippen molar-refractivity contribution < 1.29 is 9.90 Å². The molecule has 0 aromatic carbocycles. The quantitative estimate of drug-likeness (QED) is 0.329. The van der Waals surface area contributed by atoms with Gasteiger partial charge < -0.3 is 5.11 Å². The minimum absolute atomic E-state index is 0. The second kappa shape index (κ2) is 20.1. The van der Waals surface area contributed by atoms with E-state index < -0.39 is 5.97 Å². The number of rotatable bonds is 15. The zero-order valence-corrected chi connectivity index (χ0v) is 13.0. The molecule has 0 atom stereocenters. The van der Waals surface area contributed by atoms with Crippen LogP contribution >= 0.6 is 0 Å². The molecular formula is C17H35KO2. The summed E-state index contributed by atoms with van der Waals surface area (Å²) in [5.74, 6) is -0.654. The molecule has 0 spiro atoms. The van der Waals surface area contributed by atoms with E-state index in [1.807, 2.05) is 0 Å². The number of carbonyl (C=O) groups is 1. The van der Waals surface area contributed by atoms with Gasteiger partial charge >= 0.3 is 57.4 Å². The Balaban J connectivity index is 0. The summed E-state index contributed by atoms with van der Waals surface area (Å²) in [5.41, 5.74) is 0. The molecule has 2 nitrogen and oxygen atoms in total. The summed E-state index contributed by atoms with van der Waals surface area (Å²) in [4.78, 5) is 10.3. The molecule has 0 amide bonds. The second-order valence-corrected chi connectivity index (χ2v) is 5.74. The van der Waals surface area contributed by atoms with Crippen LogP contribution in [0.4, 0.5) is 0 Å². The summed E-state index contributed by atoms with van der Waals surface area (Å²) in [5, 5.41) is 8.50. The SMILES string of the molecule is CCCCCCCCCCCCCCCCC(=O)O.[KH]. The molecule has 0 fully saturated rings. The first kappa shape index (κ1) is 23.4. The van der Waals surface area contributed by atoms with Crippen molar-refractivity contribution in [2.45, 2.75) is 103 Å². The number of carboxylic acids is 1. The molecule has 1 N–H and O–H groups in total. The molecule has 0 aromatic heterocycles. The molecule has 0 heterocycles. The first-order valence-corrected chi connectivity index (χ1v) is 8.49. The van der Waals surface area contributed by atoms with E-state index in [0.717, 1.165) is 12.8 Å². The average molecular weight is 311 g/mol. The van der Waals surface area contributed by atoms with Crippen molar-refractivity contribution in [2.24, 2.45) is 0 Å². The van der Waals surface area contributed by atoms with E-state index in [9.17, 15) is 4.79 Å². The Hall–Kier alpha value is 1.11. The monoisotopic (exact) mass is 310 g/mol. The number of aliphatic carboxylic acids is 1. The topological polar surface area (TPSA) is 37.3 Å². The fourth-order valence-corrected chi connectivity index (χ4v) is 2.47. The van der Waals surface area contributed by atoms with Crippen LogP contribution < -0.4 is 0 Å². The molecular weight excluding hydrogens is 275 g/mol. The summed E-state index contributed by atoms with van der Waals surface area (Å²) in [7, 11) is 0. The van der Waals surface area contributed by atoms with E-state index in [0.29, 0.717) is 6.42 Å². The van der Waals surface area contributed by atoms with Crippen molar-refractivity contribution in [2.75, 3.05) is 0 Å². The molecule has 0 aliphatic rings. The molecule has 0 saturated carbocycles. The first-order valence-electron chi connectivity index (χ1n) is 8.49. The van der Waals surface area contributed by atoms with E-state index in [1.54, 1.807) is 0 Å². The number of carboxylic acid groups (broad SMARTS) is 1. The zero-order chi connectivity index (χ0) is 14.2. The Labute approximate surface area is 168 Å². The van der Waals surface area contributed by atoms with Crippen molar-refractivity contribution >= 4 is 57.4 Å². The molecule has 0 radical (unpaired) electrons. The second-order valence-electron chi connectivity index (χ2n) is 5.74. The van der Waals surface area contributed by atoms with Crippen LogP contribution in [0.15, 0.2) is 0 Å². The molecule has 0 bridgehead atoms. The fourth-order valence-electron chi connectivity index (χ4n) is 2.47. The Morgan fingerprint density at radius 1 is 0.650 bits per heavy atom. The molecule has 0 unspecified atom stereocenters. The van der Waals surface area contributed by atoms with E-state index >= 15 is 0 Å². The summed E-state index contributed by atoms with van der Waals surface area (Å²) >= 11 is 0. The van der Waals surface area contributed by atoms with Gasteiger partial charge in [-0.1, -0.05) is 90.4 Å². The first-order chi connectivity index (χ1) is 9.27. The van der Waals surface area contributed by atoms with Gasteiger partial charge in [0.05, 0.1) is 0 Å². The van der Waals surface area contributed by atoms with Gasteiger partial charge in [-0.25, -0.2) is 0 Å². The van der Waals surface area contributed by atoms with Crippen LogP contribution in [0.5, 0.6) is 0 Å². The summed E-state index contributed by atoms with van der Waals surface area (Å²) < 4.78 is 0. The molecule has 0 aromatic rings. The molecule has 20 heavy (non-hydrogen) atoms. The molecule has 116 valence electrons. The van der Waals surface area contributed by atoms with Crippen molar-refractivity contribution in [1.29, 1.82) is 0 Å². The van der Waals surface area contributed by atoms with Crippen LogP contribution in [0, 0.1) is 0 Å². The van der Waals surface area contributed by atoms with Crippen molar-refractivity contribution in [1.82, 2.24) is 0 Å². The van der Waals surface area contributed by atoms with Gasteiger partial charge in [0, 0.05) is 6.42 Å². The maximum absolute atomic E-state index is 10.3. The van der Waals surface area contributed by atoms with Crippen LogP contribution in [0.3, 0.4) is 0 Å². The fraction of sp³-hybridized carbons (Fsp3) is 0.941. The molecule has 0 saturated heterocycles. The van der Waals surface area contributed by atoms with Gasteiger partial charge in [-0.3, -0.25) is 4.79 Å². The summed E-state index contributed by atoms with van der Waals surface area (Å²) in [6.07, 6.45) is 18.7. The Morgan fingerprint density at radius 2 is 0.950 bits per heavy atom. The summed E-state index contributed by atoms with van der Waals surface area (Å²) in [6, 6.07) is 0. The third-order valence-corrected chi connectivity index (χ3v) is 3.74. The van der Waals surface area contributed by atoms with Crippen molar-refractivity contribution in [3.05, 3.63) is 0 Å². The Kier molecular flexibility index (Phi) is 23.5. The van der Waals surface area contributed by atoms with Crippen LogP contribution in [0.25, 0.3) is 0 Å². The zero-order valence-electron chi connectivity index (χ0n) is 13.0.